The molecule has 128 valence electrons. The Kier molecular flexibility index (Phi) is 4.90. The highest BCUT2D eigenvalue weighted by Gasteiger charge is 2.33. The third kappa shape index (κ3) is 3.80. The summed E-state index contributed by atoms with van der Waals surface area (Å²) in [5, 5.41) is 6.41. The second kappa shape index (κ2) is 7.26. The molecule has 9 nitrogen and oxygen atoms in total. The van der Waals surface area contributed by atoms with Crippen LogP contribution in [0, 0.1) is 0 Å². The van der Waals surface area contributed by atoms with Crippen LogP contribution in [0.2, 0.25) is 0 Å². The lowest BCUT2D eigenvalue weighted by Crippen LogP contribution is -2.50. The molecule has 1 N–H and O–H groups in total. The van der Waals surface area contributed by atoms with Crippen LogP contribution in [0.15, 0.2) is 27.3 Å². The summed E-state index contributed by atoms with van der Waals surface area (Å²) < 4.78 is 15.2. The molecule has 0 radical (unpaired) electrons. The Morgan fingerprint density at radius 1 is 1.46 bits per heavy atom. The Bertz CT molecular complexity index is 691. The van der Waals surface area contributed by atoms with Crippen LogP contribution in [0.3, 0.4) is 0 Å². The van der Waals surface area contributed by atoms with Crippen LogP contribution in [0.5, 0.6) is 0 Å². The highest BCUT2D eigenvalue weighted by Crippen LogP contribution is 2.27. The molecule has 1 fully saturated rings. The van der Waals surface area contributed by atoms with Crippen molar-refractivity contribution in [2.24, 2.45) is 0 Å². The van der Waals surface area contributed by atoms with Gasteiger partial charge in [0.2, 0.25) is 17.6 Å². The average molecular weight is 334 g/mol. The molecule has 1 aliphatic rings. The fourth-order valence-electron chi connectivity index (χ4n) is 2.40. The third-order valence-electron chi connectivity index (χ3n) is 3.59. The smallest absolute Gasteiger partial charge is 0.325 e. The summed E-state index contributed by atoms with van der Waals surface area (Å²) in [6, 6.07) is 3.51. The largest absolute Gasteiger partial charge is 0.465 e. The lowest BCUT2D eigenvalue weighted by Gasteiger charge is -2.36. The van der Waals surface area contributed by atoms with Crippen molar-refractivity contribution in [3.63, 3.8) is 0 Å². The number of hydrogen-bond donors (Lipinski definition) is 1. The molecule has 0 aromatic carbocycles. The quantitative estimate of drug-likeness (QED) is 0.725. The Morgan fingerprint density at radius 3 is 3.00 bits per heavy atom. The Labute approximate surface area is 137 Å². The minimum Gasteiger partial charge on any atom is -0.465 e. The summed E-state index contributed by atoms with van der Waals surface area (Å²) in [5.74, 6) is 0.941. The zero-order valence-electron chi connectivity index (χ0n) is 13.2. The molecule has 0 unspecified atom stereocenters. The van der Waals surface area contributed by atoms with Gasteiger partial charge in [0, 0.05) is 13.1 Å². The van der Waals surface area contributed by atoms with E-state index in [1.807, 2.05) is 4.90 Å². The van der Waals surface area contributed by atoms with E-state index in [1.165, 1.54) is 0 Å². The van der Waals surface area contributed by atoms with Gasteiger partial charge in [-0.3, -0.25) is 14.5 Å². The van der Waals surface area contributed by atoms with Crippen molar-refractivity contribution >= 4 is 11.9 Å². The number of likely N-dealkylation sites (tertiary alicyclic amines) is 1. The normalized spacial score (nSPS) is 15.0. The first-order chi connectivity index (χ1) is 11.7. The molecular weight excluding hydrogens is 316 g/mol. The van der Waals surface area contributed by atoms with Gasteiger partial charge in [0.25, 0.3) is 0 Å². The van der Waals surface area contributed by atoms with Gasteiger partial charge in [-0.1, -0.05) is 5.16 Å². The number of carbonyl (C=O) groups excluding carboxylic acids is 2. The third-order valence-corrected chi connectivity index (χ3v) is 3.59. The summed E-state index contributed by atoms with van der Waals surface area (Å²) in [5.41, 5.74) is 0. The monoisotopic (exact) mass is 334 g/mol. The second-order valence-corrected chi connectivity index (χ2v) is 5.41. The molecule has 0 saturated carbocycles. The summed E-state index contributed by atoms with van der Waals surface area (Å²) in [6.07, 6.45) is 1.55. The first-order valence-electron chi connectivity index (χ1n) is 7.68. The van der Waals surface area contributed by atoms with Crippen LogP contribution in [-0.2, 0) is 14.3 Å². The molecule has 0 bridgehead atoms. The maximum absolute atomic E-state index is 11.7. The van der Waals surface area contributed by atoms with Gasteiger partial charge >= 0.3 is 5.97 Å². The highest BCUT2D eigenvalue weighted by atomic mass is 16.5. The molecule has 3 heterocycles. The number of aromatic nitrogens is 2. The first kappa shape index (κ1) is 16.2. The van der Waals surface area contributed by atoms with E-state index in [-0.39, 0.29) is 24.9 Å². The molecular formula is C15H18N4O5. The predicted molar refractivity (Wildman–Crippen MR) is 80.8 cm³/mol. The molecule has 9 heteroatoms. The van der Waals surface area contributed by atoms with Crippen molar-refractivity contribution < 1.29 is 23.3 Å². The van der Waals surface area contributed by atoms with Crippen molar-refractivity contribution in [3.8, 4) is 11.6 Å². The maximum Gasteiger partial charge on any atom is 0.325 e. The lowest BCUT2D eigenvalue weighted by molar-refractivity contribution is -0.143. The van der Waals surface area contributed by atoms with Crippen molar-refractivity contribution in [3.05, 3.63) is 24.3 Å². The Hall–Kier alpha value is -2.68. The molecule has 1 aliphatic heterocycles. The van der Waals surface area contributed by atoms with Crippen molar-refractivity contribution in [2.45, 2.75) is 12.8 Å². The number of esters is 1. The maximum atomic E-state index is 11.7. The fraction of sp³-hybridized carbons (Fsp3) is 0.467. The second-order valence-electron chi connectivity index (χ2n) is 5.41. The topological polar surface area (TPSA) is 111 Å². The highest BCUT2D eigenvalue weighted by molar-refractivity contribution is 5.83. The molecule has 2 aromatic rings. The van der Waals surface area contributed by atoms with E-state index in [0.717, 1.165) is 0 Å². The van der Waals surface area contributed by atoms with Gasteiger partial charge in [-0.2, -0.15) is 4.98 Å². The minimum absolute atomic E-state index is 0.0964. The summed E-state index contributed by atoms with van der Waals surface area (Å²) in [7, 11) is 0. The standard InChI is InChI=1S/C15H18N4O5/c1-2-22-13(21)6-16-12(20)9-19-7-10(8-19)15-17-14(18-24-15)11-4-3-5-23-11/h3-5,10H,2,6-9H2,1H3,(H,16,20). The lowest BCUT2D eigenvalue weighted by atomic mass is 10.0. The van der Waals surface area contributed by atoms with Crippen LogP contribution >= 0.6 is 0 Å². The van der Waals surface area contributed by atoms with E-state index < -0.39 is 5.97 Å². The zero-order chi connectivity index (χ0) is 16.9. The van der Waals surface area contributed by atoms with Crippen LogP contribution in [0.1, 0.15) is 18.7 Å². The van der Waals surface area contributed by atoms with Gasteiger partial charge < -0.3 is 19.0 Å². The van der Waals surface area contributed by atoms with Gasteiger partial charge in [-0.25, -0.2) is 0 Å². The predicted octanol–water partition coefficient (Wildman–Crippen LogP) is 0.408. The number of nitrogens with one attached hydrogen (secondary N) is 1. The number of carbonyl (C=O) groups is 2. The van der Waals surface area contributed by atoms with Crippen molar-refractivity contribution in [2.75, 3.05) is 32.8 Å². The van der Waals surface area contributed by atoms with Crippen molar-refractivity contribution in [1.29, 1.82) is 0 Å². The molecule has 2 aromatic heterocycles. The van der Waals surface area contributed by atoms with E-state index in [9.17, 15) is 9.59 Å². The molecule has 1 amide bonds. The van der Waals surface area contributed by atoms with E-state index in [0.29, 0.717) is 37.2 Å². The average Bonchev–Trinajstić information content (AvgIpc) is 3.19. The Balaban J connectivity index is 1.41. The van der Waals surface area contributed by atoms with Crippen LogP contribution in [-0.4, -0.2) is 59.7 Å². The van der Waals surface area contributed by atoms with E-state index >= 15 is 0 Å². The Morgan fingerprint density at radius 2 is 2.29 bits per heavy atom. The number of furan rings is 1. The van der Waals surface area contributed by atoms with E-state index in [1.54, 1.807) is 25.3 Å². The zero-order valence-corrected chi connectivity index (χ0v) is 13.2. The van der Waals surface area contributed by atoms with Crippen LogP contribution in [0.4, 0.5) is 0 Å². The fourth-order valence-corrected chi connectivity index (χ4v) is 2.40. The van der Waals surface area contributed by atoms with Gasteiger partial charge in [0.1, 0.15) is 6.54 Å². The van der Waals surface area contributed by atoms with E-state index in [2.05, 4.69) is 15.5 Å². The van der Waals surface area contributed by atoms with Crippen LogP contribution < -0.4 is 5.32 Å². The minimum atomic E-state index is -0.441. The molecule has 0 atom stereocenters. The number of ether oxygens (including phenoxy) is 1. The molecule has 24 heavy (non-hydrogen) atoms. The van der Waals surface area contributed by atoms with Gasteiger partial charge in [0.05, 0.1) is 25.3 Å². The molecule has 0 spiro atoms. The summed E-state index contributed by atoms with van der Waals surface area (Å²) in [4.78, 5) is 29.1. The number of amides is 1. The number of nitrogens with zero attached hydrogens (tertiary/aromatic N) is 3. The summed E-state index contributed by atoms with van der Waals surface area (Å²) in [6.45, 7) is 3.41. The van der Waals surface area contributed by atoms with Gasteiger partial charge in [-0.15, -0.1) is 0 Å². The first-order valence-corrected chi connectivity index (χ1v) is 7.68. The van der Waals surface area contributed by atoms with E-state index in [4.69, 9.17) is 13.7 Å². The molecule has 3 rings (SSSR count). The molecule has 1 saturated heterocycles. The van der Waals surface area contributed by atoms with Gasteiger partial charge in [0.15, 0.2) is 5.76 Å². The molecule has 0 aliphatic carbocycles. The van der Waals surface area contributed by atoms with Crippen molar-refractivity contribution in [1.82, 2.24) is 20.4 Å². The summed E-state index contributed by atoms with van der Waals surface area (Å²) >= 11 is 0. The SMILES string of the molecule is CCOC(=O)CNC(=O)CN1CC(c2nc(-c3ccco3)no2)C1. The van der Waals surface area contributed by atoms with Crippen LogP contribution in [0.25, 0.3) is 11.6 Å². The number of hydrogen-bond acceptors (Lipinski definition) is 8. The van der Waals surface area contributed by atoms with Gasteiger partial charge in [-0.05, 0) is 19.1 Å². The number of rotatable bonds is 7.